The summed E-state index contributed by atoms with van der Waals surface area (Å²) < 4.78 is 0. The second kappa shape index (κ2) is 6.37. The molecule has 4 nitrogen and oxygen atoms in total. The molecular formula is C17H18N4S. The van der Waals surface area contributed by atoms with Crippen LogP contribution in [0.4, 0.5) is 5.82 Å². The number of hydrogen-bond donors (Lipinski definition) is 1. The Labute approximate surface area is 135 Å². The molecule has 0 bridgehead atoms. The van der Waals surface area contributed by atoms with E-state index in [1.807, 2.05) is 30.3 Å². The van der Waals surface area contributed by atoms with E-state index in [9.17, 15) is 5.26 Å². The van der Waals surface area contributed by atoms with Gasteiger partial charge in [-0.3, -0.25) is 0 Å². The van der Waals surface area contributed by atoms with Crippen LogP contribution in [0.25, 0.3) is 11.3 Å². The van der Waals surface area contributed by atoms with Gasteiger partial charge in [-0.15, -0.1) is 0 Å². The van der Waals surface area contributed by atoms with Gasteiger partial charge >= 0.3 is 0 Å². The zero-order valence-electron chi connectivity index (χ0n) is 12.7. The maximum atomic E-state index is 9.59. The molecule has 1 fully saturated rings. The highest BCUT2D eigenvalue weighted by Gasteiger charge is 2.25. The fourth-order valence-corrected chi connectivity index (χ4v) is 2.85. The molecule has 1 aliphatic carbocycles. The van der Waals surface area contributed by atoms with E-state index in [0.29, 0.717) is 28.4 Å². The van der Waals surface area contributed by atoms with Crippen molar-refractivity contribution in [3.8, 4) is 17.3 Å². The molecule has 0 radical (unpaired) electrons. The Kier molecular flexibility index (Phi) is 4.30. The van der Waals surface area contributed by atoms with E-state index in [1.165, 1.54) is 0 Å². The predicted octanol–water partition coefficient (Wildman–Crippen LogP) is 4.09. The average molecular weight is 310 g/mol. The van der Waals surface area contributed by atoms with Crippen molar-refractivity contribution in [1.82, 2.24) is 9.97 Å². The Morgan fingerprint density at radius 1 is 1.23 bits per heavy atom. The molecule has 0 amide bonds. The summed E-state index contributed by atoms with van der Waals surface area (Å²) in [5.41, 5.74) is 2.20. The summed E-state index contributed by atoms with van der Waals surface area (Å²) in [5, 5.41) is 14.1. The number of nitriles is 1. The largest absolute Gasteiger partial charge is 0.366 e. The number of hydrogen-bond acceptors (Lipinski definition) is 5. The number of anilines is 1. The third-order valence-electron chi connectivity index (χ3n) is 3.31. The monoisotopic (exact) mass is 310 g/mol. The van der Waals surface area contributed by atoms with E-state index >= 15 is 0 Å². The van der Waals surface area contributed by atoms with Crippen molar-refractivity contribution in [2.75, 3.05) is 5.32 Å². The van der Waals surface area contributed by atoms with E-state index in [4.69, 9.17) is 0 Å². The van der Waals surface area contributed by atoms with Gasteiger partial charge in [0.15, 0.2) is 5.16 Å². The van der Waals surface area contributed by atoms with Crippen LogP contribution in [0.15, 0.2) is 35.5 Å². The van der Waals surface area contributed by atoms with Crippen molar-refractivity contribution in [3.05, 3.63) is 35.9 Å². The zero-order valence-corrected chi connectivity index (χ0v) is 13.5. The lowest BCUT2D eigenvalue weighted by molar-refractivity contribution is 0.941. The molecular weight excluding hydrogens is 292 g/mol. The van der Waals surface area contributed by atoms with Crippen molar-refractivity contribution >= 4 is 17.6 Å². The molecule has 112 valence electrons. The van der Waals surface area contributed by atoms with E-state index in [-0.39, 0.29) is 0 Å². The first kappa shape index (κ1) is 14.9. The van der Waals surface area contributed by atoms with Crippen LogP contribution in [0.5, 0.6) is 0 Å². The minimum Gasteiger partial charge on any atom is -0.366 e. The van der Waals surface area contributed by atoms with Crippen molar-refractivity contribution in [1.29, 1.82) is 5.26 Å². The summed E-state index contributed by atoms with van der Waals surface area (Å²) in [6, 6.07) is 12.6. The number of nitrogens with zero attached hydrogens (tertiary/aromatic N) is 3. The van der Waals surface area contributed by atoms with Gasteiger partial charge in [0, 0.05) is 16.9 Å². The Hall–Kier alpha value is -2.06. The van der Waals surface area contributed by atoms with Crippen LogP contribution < -0.4 is 5.32 Å². The quantitative estimate of drug-likeness (QED) is 0.665. The second-order valence-electron chi connectivity index (χ2n) is 5.64. The standard InChI is InChI=1S/C17H18N4S/c1-11(2)22-17-20-15(12-6-4-3-5-7-12)14(10-18)16(21-17)19-13-8-9-13/h3-7,11,13H,8-9H2,1-2H3,(H,19,20,21). The van der Waals surface area contributed by atoms with Crippen LogP contribution >= 0.6 is 11.8 Å². The van der Waals surface area contributed by atoms with Gasteiger partial charge in [0.2, 0.25) is 0 Å². The molecule has 1 aliphatic rings. The smallest absolute Gasteiger partial charge is 0.190 e. The maximum Gasteiger partial charge on any atom is 0.190 e. The first-order valence-corrected chi connectivity index (χ1v) is 8.36. The molecule has 1 aromatic carbocycles. The molecule has 5 heteroatoms. The minimum absolute atomic E-state index is 0.394. The third-order valence-corrected chi connectivity index (χ3v) is 4.17. The van der Waals surface area contributed by atoms with Crippen LogP contribution in [0.3, 0.4) is 0 Å². The maximum absolute atomic E-state index is 9.59. The van der Waals surface area contributed by atoms with Gasteiger partial charge in [-0.2, -0.15) is 5.26 Å². The van der Waals surface area contributed by atoms with Crippen molar-refractivity contribution in [2.45, 2.75) is 43.1 Å². The third kappa shape index (κ3) is 3.40. The Morgan fingerprint density at radius 2 is 1.95 bits per heavy atom. The van der Waals surface area contributed by atoms with Crippen LogP contribution in [0, 0.1) is 11.3 Å². The molecule has 0 saturated heterocycles. The lowest BCUT2D eigenvalue weighted by Crippen LogP contribution is -2.09. The van der Waals surface area contributed by atoms with Crippen LogP contribution in [-0.2, 0) is 0 Å². The summed E-state index contributed by atoms with van der Waals surface area (Å²) in [4.78, 5) is 9.20. The lowest BCUT2D eigenvalue weighted by Gasteiger charge is -2.13. The lowest BCUT2D eigenvalue weighted by atomic mass is 10.1. The number of rotatable bonds is 5. The number of thioether (sulfide) groups is 1. The number of aromatic nitrogens is 2. The molecule has 0 aliphatic heterocycles. The molecule has 22 heavy (non-hydrogen) atoms. The molecule has 0 unspecified atom stereocenters. The van der Waals surface area contributed by atoms with Gasteiger partial charge in [-0.1, -0.05) is 55.9 Å². The minimum atomic E-state index is 0.394. The van der Waals surface area contributed by atoms with Gasteiger partial charge in [0.05, 0.1) is 5.69 Å². The van der Waals surface area contributed by atoms with Gasteiger partial charge in [0.1, 0.15) is 17.5 Å². The predicted molar refractivity (Wildman–Crippen MR) is 89.8 cm³/mol. The van der Waals surface area contributed by atoms with E-state index in [2.05, 4.69) is 35.2 Å². The molecule has 2 aromatic rings. The summed E-state index contributed by atoms with van der Waals surface area (Å²) in [6.07, 6.45) is 2.28. The molecule has 1 N–H and O–H groups in total. The van der Waals surface area contributed by atoms with Crippen molar-refractivity contribution in [3.63, 3.8) is 0 Å². The molecule has 1 heterocycles. The van der Waals surface area contributed by atoms with Crippen molar-refractivity contribution < 1.29 is 0 Å². The van der Waals surface area contributed by atoms with E-state index in [0.717, 1.165) is 23.6 Å². The van der Waals surface area contributed by atoms with Crippen LogP contribution in [0.2, 0.25) is 0 Å². The van der Waals surface area contributed by atoms with Gasteiger partial charge in [-0.25, -0.2) is 9.97 Å². The Bertz CT molecular complexity index is 703. The van der Waals surface area contributed by atoms with Crippen LogP contribution in [0.1, 0.15) is 32.3 Å². The first-order valence-electron chi connectivity index (χ1n) is 7.48. The number of benzene rings is 1. The van der Waals surface area contributed by atoms with Crippen LogP contribution in [-0.4, -0.2) is 21.3 Å². The summed E-state index contributed by atoms with van der Waals surface area (Å²) >= 11 is 1.62. The Balaban J connectivity index is 2.10. The van der Waals surface area contributed by atoms with Gasteiger partial charge < -0.3 is 5.32 Å². The molecule has 0 spiro atoms. The van der Waals surface area contributed by atoms with Crippen molar-refractivity contribution in [2.24, 2.45) is 0 Å². The zero-order chi connectivity index (χ0) is 15.5. The fourth-order valence-electron chi connectivity index (χ4n) is 2.14. The fraction of sp³-hybridized carbons (Fsp3) is 0.353. The highest BCUT2D eigenvalue weighted by Crippen LogP contribution is 2.32. The van der Waals surface area contributed by atoms with Gasteiger partial charge in [-0.05, 0) is 12.8 Å². The molecule has 3 rings (SSSR count). The second-order valence-corrected chi connectivity index (χ2v) is 7.19. The topological polar surface area (TPSA) is 61.6 Å². The number of nitrogens with one attached hydrogen (secondary N) is 1. The van der Waals surface area contributed by atoms with E-state index in [1.54, 1.807) is 11.8 Å². The SMILES string of the molecule is CC(C)Sc1nc(NC2CC2)c(C#N)c(-c2ccccc2)n1. The highest BCUT2D eigenvalue weighted by molar-refractivity contribution is 7.99. The molecule has 0 atom stereocenters. The normalized spacial score (nSPS) is 13.9. The Morgan fingerprint density at radius 3 is 2.55 bits per heavy atom. The molecule has 1 aromatic heterocycles. The van der Waals surface area contributed by atoms with E-state index < -0.39 is 0 Å². The van der Waals surface area contributed by atoms with Gasteiger partial charge in [0.25, 0.3) is 0 Å². The summed E-state index contributed by atoms with van der Waals surface area (Å²) in [7, 11) is 0. The highest BCUT2D eigenvalue weighted by atomic mass is 32.2. The summed E-state index contributed by atoms with van der Waals surface area (Å²) in [6.45, 7) is 4.23. The first-order chi connectivity index (χ1) is 10.7. The molecule has 1 saturated carbocycles. The summed E-state index contributed by atoms with van der Waals surface area (Å²) in [5.74, 6) is 0.669. The average Bonchev–Trinajstić information content (AvgIpc) is 3.31.